The van der Waals surface area contributed by atoms with Crippen molar-refractivity contribution < 1.29 is 31.8 Å². The zero-order valence-corrected chi connectivity index (χ0v) is 8.55. The Bertz CT molecular complexity index is 419. The predicted molar refractivity (Wildman–Crippen MR) is 46.8 cm³/mol. The summed E-state index contributed by atoms with van der Waals surface area (Å²) in [6.45, 7) is 1.33. The minimum Gasteiger partial charge on any atom is -0.462 e. The Morgan fingerprint density at radius 3 is 2.59 bits per heavy atom. The highest BCUT2D eigenvalue weighted by molar-refractivity contribution is 5.92. The summed E-state index contributed by atoms with van der Waals surface area (Å²) in [5.41, 5.74) is -0.931. The minimum atomic E-state index is -5.04. The average Bonchev–Trinajstić information content (AvgIpc) is 2.15. The van der Waals surface area contributed by atoms with Gasteiger partial charge in [-0.05, 0) is 6.92 Å². The number of esters is 1. The van der Waals surface area contributed by atoms with Gasteiger partial charge in [0.15, 0.2) is 11.6 Å². The second-order valence-corrected chi connectivity index (χ2v) is 2.76. The van der Waals surface area contributed by atoms with Crippen LogP contribution in [0.3, 0.4) is 0 Å². The Labute approximate surface area is 93.2 Å². The summed E-state index contributed by atoms with van der Waals surface area (Å²) in [6.07, 6.45) is -3.87. The molecule has 0 unspecified atom stereocenters. The molecule has 1 aromatic heterocycles. The molecule has 0 N–H and O–H groups in total. The molecule has 17 heavy (non-hydrogen) atoms. The van der Waals surface area contributed by atoms with Crippen LogP contribution in [0, 0.1) is 5.82 Å². The molecule has 0 fully saturated rings. The van der Waals surface area contributed by atoms with E-state index in [1.54, 1.807) is 0 Å². The topological polar surface area (TPSA) is 48.4 Å². The number of ether oxygens (including phenoxy) is 2. The molecule has 0 saturated carbocycles. The molecule has 1 aromatic rings. The van der Waals surface area contributed by atoms with Gasteiger partial charge in [-0.25, -0.2) is 9.18 Å². The first-order chi connectivity index (χ1) is 7.85. The molecule has 8 heteroatoms. The molecule has 0 atom stereocenters. The second-order valence-electron chi connectivity index (χ2n) is 2.76. The van der Waals surface area contributed by atoms with Gasteiger partial charge < -0.3 is 9.47 Å². The lowest BCUT2D eigenvalue weighted by Crippen LogP contribution is -2.20. The quantitative estimate of drug-likeness (QED) is 0.612. The van der Waals surface area contributed by atoms with E-state index >= 15 is 0 Å². The summed E-state index contributed by atoms with van der Waals surface area (Å²) in [7, 11) is 0. The third-order valence-electron chi connectivity index (χ3n) is 1.57. The first-order valence-electron chi connectivity index (χ1n) is 4.41. The smallest absolute Gasteiger partial charge is 0.462 e. The van der Waals surface area contributed by atoms with Gasteiger partial charge in [-0.2, -0.15) is 0 Å². The Morgan fingerprint density at radius 1 is 1.41 bits per heavy atom. The summed E-state index contributed by atoms with van der Waals surface area (Å²) in [4.78, 5) is 14.4. The molecule has 0 amide bonds. The molecule has 0 spiro atoms. The van der Waals surface area contributed by atoms with Crippen molar-refractivity contribution in [2.45, 2.75) is 13.3 Å². The van der Waals surface area contributed by atoms with Gasteiger partial charge in [-0.3, -0.25) is 4.98 Å². The van der Waals surface area contributed by atoms with E-state index in [0.717, 1.165) is 0 Å². The number of alkyl halides is 3. The van der Waals surface area contributed by atoms with E-state index in [1.165, 1.54) is 6.92 Å². The largest absolute Gasteiger partial charge is 0.573 e. The molecule has 4 nitrogen and oxygen atoms in total. The summed E-state index contributed by atoms with van der Waals surface area (Å²) < 4.78 is 57.0. The zero-order valence-electron chi connectivity index (χ0n) is 8.55. The number of halogens is 4. The van der Waals surface area contributed by atoms with Crippen LogP contribution in [0.2, 0.25) is 0 Å². The van der Waals surface area contributed by atoms with Gasteiger partial charge >= 0.3 is 12.3 Å². The van der Waals surface area contributed by atoms with E-state index in [1.807, 2.05) is 0 Å². The lowest BCUT2D eigenvalue weighted by Gasteiger charge is -2.12. The Balaban J connectivity index is 3.13. The van der Waals surface area contributed by atoms with Crippen LogP contribution in [-0.2, 0) is 4.74 Å². The summed E-state index contributed by atoms with van der Waals surface area (Å²) in [5.74, 6) is -3.52. The number of hydrogen-bond acceptors (Lipinski definition) is 4. The number of rotatable bonds is 3. The molecule has 0 radical (unpaired) electrons. The number of carbonyl (C=O) groups is 1. The Hall–Kier alpha value is -1.86. The van der Waals surface area contributed by atoms with Crippen molar-refractivity contribution in [3.8, 4) is 5.75 Å². The Morgan fingerprint density at radius 2 is 2.06 bits per heavy atom. The van der Waals surface area contributed by atoms with Crippen LogP contribution in [0.15, 0.2) is 12.4 Å². The first kappa shape index (κ1) is 13.2. The third-order valence-corrected chi connectivity index (χ3v) is 1.57. The fraction of sp³-hybridized carbons (Fsp3) is 0.333. The maximum Gasteiger partial charge on any atom is 0.573 e. The van der Waals surface area contributed by atoms with Crippen LogP contribution in [0.25, 0.3) is 0 Å². The number of aromatic nitrogens is 1. The summed E-state index contributed by atoms with van der Waals surface area (Å²) >= 11 is 0. The summed E-state index contributed by atoms with van der Waals surface area (Å²) in [6, 6.07) is 0. The number of hydrogen-bond donors (Lipinski definition) is 0. The van der Waals surface area contributed by atoms with E-state index in [4.69, 9.17) is 0 Å². The maximum absolute atomic E-state index is 13.2. The van der Waals surface area contributed by atoms with Crippen LogP contribution in [0.4, 0.5) is 17.6 Å². The highest BCUT2D eigenvalue weighted by Gasteiger charge is 2.34. The zero-order chi connectivity index (χ0) is 13.1. The van der Waals surface area contributed by atoms with Crippen LogP contribution >= 0.6 is 0 Å². The van der Waals surface area contributed by atoms with Crippen molar-refractivity contribution in [3.05, 3.63) is 23.8 Å². The molecular formula is C9H7F4NO3. The fourth-order valence-corrected chi connectivity index (χ4v) is 1.02. The summed E-state index contributed by atoms with van der Waals surface area (Å²) in [5, 5.41) is 0. The molecular weight excluding hydrogens is 246 g/mol. The van der Waals surface area contributed by atoms with Crippen LogP contribution in [-0.4, -0.2) is 23.9 Å². The third kappa shape index (κ3) is 3.58. The average molecular weight is 253 g/mol. The molecule has 0 aromatic carbocycles. The highest BCUT2D eigenvalue weighted by atomic mass is 19.4. The predicted octanol–water partition coefficient (Wildman–Crippen LogP) is 2.30. The lowest BCUT2D eigenvalue weighted by atomic mass is 10.2. The monoisotopic (exact) mass is 253 g/mol. The number of nitrogens with zero attached hydrogens (tertiary/aromatic N) is 1. The van der Waals surface area contributed by atoms with Crippen LogP contribution in [0.5, 0.6) is 5.75 Å². The van der Waals surface area contributed by atoms with E-state index in [2.05, 4.69) is 14.5 Å². The van der Waals surface area contributed by atoms with Gasteiger partial charge in [-0.15, -0.1) is 13.2 Å². The lowest BCUT2D eigenvalue weighted by molar-refractivity contribution is -0.274. The standard InChI is InChI=1S/C9H7F4NO3/c1-2-16-8(15)7-5(10)3-14-4-6(7)17-9(11,12)13/h3-4H,2H2,1H3. The van der Waals surface area contributed by atoms with Crippen molar-refractivity contribution in [1.82, 2.24) is 4.98 Å². The highest BCUT2D eigenvalue weighted by Crippen LogP contribution is 2.27. The van der Waals surface area contributed by atoms with E-state index in [9.17, 15) is 22.4 Å². The molecule has 0 bridgehead atoms. The second kappa shape index (κ2) is 4.98. The molecule has 0 aliphatic rings. The minimum absolute atomic E-state index is 0.105. The van der Waals surface area contributed by atoms with E-state index in [-0.39, 0.29) is 6.61 Å². The molecule has 1 heterocycles. The molecule has 0 saturated heterocycles. The fourth-order valence-electron chi connectivity index (χ4n) is 1.02. The number of pyridine rings is 1. The van der Waals surface area contributed by atoms with Gasteiger partial charge in [0.25, 0.3) is 0 Å². The van der Waals surface area contributed by atoms with Crippen LogP contribution in [0.1, 0.15) is 17.3 Å². The van der Waals surface area contributed by atoms with Gasteiger partial charge in [0.1, 0.15) is 5.56 Å². The van der Waals surface area contributed by atoms with Crippen molar-refractivity contribution in [1.29, 1.82) is 0 Å². The van der Waals surface area contributed by atoms with Crippen molar-refractivity contribution in [3.63, 3.8) is 0 Å². The van der Waals surface area contributed by atoms with Gasteiger partial charge in [0.05, 0.1) is 19.0 Å². The Kier molecular flexibility index (Phi) is 3.87. The van der Waals surface area contributed by atoms with Crippen molar-refractivity contribution in [2.75, 3.05) is 6.61 Å². The molecule has 0 aliphatic carbocycles. The van der Waals surface area contributed by atoms with Gasteiger partial charge in [0.2, 0.25) is 0 Å². The molecule has 0 aliphatic heterocycles. The van der Waals surface area contributed by atoms with Gasteiger partial charge in [0, 0.05) is 0 Å². The van der Waals surface area contributed by atoms with E-state index in [0.29, 0.717) is 12.4 Å². The van der Waals surface area contributed by atoms with Gasteiger partial charge in [-0.1, -0.05) is 0 Å². The van der Waals surface area contributed by atoms with Crippen LogP contribution < -0.4 is 4.74 Å². The number of carbonyl (C=O) groups excluding carboxylic acids is 1. The van der Waals surface area contributed by atoms with E-state index < -0.39 is 29.5 Å². The van der Waals surface area contributed by atoms with Crippen molar-refractivity contribution in [2.24, 2.45) is 0 Å². The maximum atomic E-state index is 13.2. The SMILES string of the molecule is CCOC(=O)c1c(F)cncc1OC(F)(F)F. The first-order valence-corrected chi connectivity index (χ1v) is 4.41. The normalized spacial score (nSPS) is 11.1. The molecule has 94 valence electrons. The molecule has 1 rings (SSSR count). The van der Waals surface area contributed by atoms with Crippen molar-refractivity contribution >= 4 is 5.97 Å².